The lowest BCUT2D eigenvalue weighted by Gasteiger charge is -1.71. The fourth-order valence-electron chi connectivity index (χ4n) is 0.387. The largest absolute Gasteiger partial charge is 0.394 e. The minimum absolute atomic E-state index is 0. The average molecular weight is 233 g/mol. The summed E-state index contributed by atoms with van der Waals surface area (Å²) >= 11 is 4.31. The van der Waals surface area contributed by atoms with Crippen LogP contribution in [0, 0.1) is 0 Å². The van der Waals surface area contributed by atoms with Gasteiger partial charge in [-0.25, -0.2) is 10.8 Å². The molecule has 5 N–H and O–H groups in total. The van der Waals surface area contributed by atoms with Crippen molar-refractivity contribution < 1.29 is 4.79 Å². The third kappa shape index (κ3) is 32.4. The summed E-state index contributed by atoms with van der Waals surface area (Å²) in [6, 6.07) is 0. The van der Waals surface area contributed by atoms with Gasteiger partial charge in [0.05, 0.1) is 11.5 Å². The molecule has 0 atom stereocenters. The van der Waals surface area contributed by atoms with Crippen molar-refractivity contribution in [3.63, 3.8) is 0 Å². The lowest BCUT2D eigenvalue weighted by atomic mass is 10.7. The second kappa shape index (κ2) is 15.1. The number of carbonyl (C=O) groups excluding carboxylic acids is 1. The number of nitrogens with one attached hydrogen (secondary N) is 1. The third-order valence-electron chi connectivity index (χ3n) is 0.748. The van der Waals surface area contributed by atoms with Crippen LogP contribution in [0.4, 0.5) is 0 Å². The molecule has 6 nitrogen and oxygen atoms in total. The number of hydrogen-bond acceptors (Lipinski definition) is 5. The van der Waals surface area contributed by atoms with Crippen LogP contribution in [0.25, 0.3) is 0 Å². The monoisotopic (exact) mass is 233 g/mol. The number of nitrogens with two attached hydrogens (primary N) is 2. The Bertz CT molecular complexity index is 220. The molecule has 1 rings (SSSR count). The van der Waals surface area contributed by atoms with Crippen LogP contribution in [0.2, 0.25) is 0 Å². The van der Waals surface area contributed by atoms with Crippen molar-refractivity contribution >= 4 is 35.7 Å². The summed E-state index contributed by atoms with van der Waals surface area (Å²) in [6.45, 7) is 4.35. The van der Waals surface area contributed by atoms with Crippen molar-refractivity contribution in [1.82, 2.24) is 5.43 Å². The van der Waals surface area contributed by atoms with Crippen molar-refractivity contribution in [2.75, 3.05) is 6.54 Å². The Kier molecular flexibility index (Phi) is 19.5. The Morgan fingerprint density at radius 3 is 2.20 bits per heavy atom. The number of nitrogens with zero attached hydrogens (tertiary/aromatic N) is 2. The van der Waals surface area contributed by atoms with E-state index in [1.807, 2.05) is 6.92 Å². The second-order valence-corrected chi connectivity index (χ2v) is 2.74. The van der Waals surface area contributed by atoms with E-state index in [0.717, 1.165) is 12.4 Å². The summed E-state index contributed by atoms with van der Waals surface area (Å²) in [7, 11) is 0. The Balaban J connectivity index is -0.000000145. The number of amides is 1. The minimum atomic E-state index is 0. The lowest BCUT2D eigenvalue weighted by Crippen LogP contribution is -2.18. The number of rotatable bonds is 1. The maximum absolute atomic E-state index is 8.94. The molecule has 0 aliphatic carbocycles. The van der Waals surface area contributed by atoms with Crippen molar-refractivity contribution in [3.8, 4) is 0 Å². The van der Waals surface area contributed by atoms with Gasteiger partial charge in [-0.15, -0.1) is 0 Å². The summed E-state index contributed by atoms with van der Waals surface area (Å²) < 4.78 is 0. The molecule has 0 spiro atoms. The molecule has 0 bridgehead atoms. The zero-order chi connectivity index (χ0) is 11.4. The Hall–Kier alpha value is -1.34. The van der Waals surface area contributed by atoms with Gasteiger partial charge in [0.25, 0.3) is 0 Å². The fraction of sp³-hybridized carbons (Fsp3) is 0.500. The number of hydrazine groups is 1. The van der Waals surface area contributed by atoms with E-state index in [0.29, 0.717) is 11.4 Å². The highest BCUT2D eigenvalue weighted by molar-refractivity contribution is 7.80. The molecular formula is C8H19N5OS. The van der Waals surface area contributed by atoms with E-state index in [1.165, 1.54) is 0 Å². The van der Waals surface area contributed by atoms with Crippen molar-refractivity contribution in [3.05, 3.63) is 0 Å². The van der Waals surface area contributed by atoms with E-state index in [1.54, 1.807) is 18.6 Å². The van der Waals surface area contributed by atoms with Crippen molar-refractivity contribution in [1.29, 1.82) is 0 Å². The first-order valence-electron chi connectivity index (χ1n) is 3.74. The van der Waals surface area contributed by atoms with Crippen LogP contribution >= 0.6 is 12.2 Å². The maximum Gasteiger partial charge on any atom is 0.221 e. The quantitative estimate of drug-likeness (QED) is 0.195. The number of amidine groups is 1. The van der Waals surface area contributed by atoms with Gasteiger partial charge in [-0.2, -0.15) is 0 Å². The van der Waals surface area contributed by atoms with E-state index in [2.05, 4.69) is 28.0 Å². The maximum atomic E-state index is 8.94. The molecule has 0 aromatic rings. The van der Waals surface area contributed by atoms with E-state index in [9.17, 15) is 0 Å². The Labute approximate surface area is 95.8 Å². The zero-order valence-electron chi connectivity index (χ0n) is 8.23. The van der Waals surface area contributed by atoms with Gasteiger partial charge < -0.3 is 5.73 Å². The van der Waals surface area contributed by atoms with Gasteiger partial charge in [-0.05, 0) is 13.8 Å². The molecule has 7 heteroatoms. The van der Waals surface area contributed by atoms with Crippen LogP contribution in [0.1, 0.15) is 21.3 Å². The summed E-state index contributed by atoms with van der Waals surface area (Å²) in [6.07, 6.45) is 2.20. The van der Waals surface area contributed by atoms with Gasteiger partial charge in [-0.3, -0.25) is 15.2 Å². The van der Waals surface area contributed by atoms with Gasteiger partial charge in [0, 0.05) is 6.21 Å². The summed E-state index contributed by atoms with van der Waals surface area (Å²) in [4.78, 5) is 17.2. The summed E-state index contributed by atoms with van der Waals surface area (Å²) in [5.41, 5.74) is 6.59. The minimum Gasteiger partial charge on any atom is -0.394 e. The predicted molar refractivity (Wildman–Crippen MR) is 69.0 cm³/mol. The highest BCUT2D eigenvalue weighted by Gasteiger charge is 1.87. The van der Waals surface area contributed by atoms with Crippen molar-refractivity contribution in [2.24, 2.45) is 21.6 Å². The molecule has 15 heavy (non-hydrogen) atoms. The Morgan fingerprint density at radius 2 is 2.13 bits per heavy atom. The highest BCUT2D eigenvalue weighted by Crippen LogP contribution is 1.84. The fourth-order valence-corrected chi connectivity index (χ4v) is 0.387. The number of hydrogen-bond donors (Lipinski definition) is 3. The summed E-state index contributed by atoms with van der Waals surface area (Å²) in [5, 5.41) is 0. The predicted octanol–water partition coefficient (Wildman–Crippen LogP) is 0.0238. The molecule has 88 valence electrons. The van der Waals surface area contributed by atoms with E-state index in [-0.39, 0.29) is 7.43 Å². The van der Waals surface area contributed by atoms with Gasteiger partial charge in [0.15, 0.2) is 0 Å². The Morgan fingerprint density at radius 1 is 1.73 bits per heavy atom. The molecule has 1 amide bonds. The molecule has 1 heterocycles. The third-order valence-corrected chi connectivity index (χ3v) is 0.748. The first kappa shape index (κ1) is 19.3. The molecule has 0 saturated heterocycles. The molecule has 1 aliphatic heterocycles. The molecule has 0 radical (unpaired) electrons. The first-order valence-corrected chi connectivity index (χ1v) is 4.14. The normalized spacial score (nSPS) is 10.5. The number of aliphatic imine (C=N–C) groups is 2. The molecule has 0 saturated carbocycles. The standard InChI is InChI=1S/C4H6N2.C2H5NS.CH4N2O.CH4/c1-4-5-2-3-6-4;1-2(3)4;2-3-1-4;/h2H,3H2,1H3;1H3,(H2,3,4);1H,2H2,(H,3,4);1H4. The van der Waals surface area contributed by atoms with Crippen LogP contribution in [0.3, 0.4) is 0 Å². The topological polar surface area (TPSA) is 106 Å². The van der Waals surface area contributed by atoms with Crippen LogP contribution in [-0.4, -0.2) is 30.0 Å². The average Bonchev–Trinajstić information content (AvgIpc) is 2.55. The SMILES string of the molecule is C.CC(N)=S.CC1=NCC=N1.NNC=O. The second-order valence-electron chi connectivity index (χ2n) is 2.09. The molecule has 0 unspecified atom stereocenters. The van der Waals surface area contributed by atoms with Gasteiger partial charge in [-0.1, -0.05) is 19.6 Å². The highest BCUT2D eigenvalue weighted by atomic mass is 32.1. The van der Waals surface area contributed by atoms with Crippen LogP contribution in [0.5, 0.6) is 0 Å². The zero-order valence-corrected chi connectivity index (χ0v) is 9.04. The molecular weight excluding hydrogens is 214 g/mol. The lowest BCUT2D eigenvalue weighted by molar-refractivity contribution is -0.109. The van der Waals surface area contributed by atoms with E-state index in [4.69, 9.17) is 10.5 Å². The molecule has 0 fully saturated rings. The summed E-state index contributed by atoms with van der Waals surface area (Å²) in [5.74, 6) is 5.31. The van der Waals surface area contributed by atoms with Gasteiger partial charge in [0.2, 0.25) is 6.41 Å². The number of carbonyl (C=O) groups is 1. The van der Waals surface area contributed by atoms with E-state index < -0.39 is 0 Å². The van der Waals surface area contributed by atoms with Crippen molar-refractivity contribution in [2.45, 2.75) is 21.3 Å². The first-order chi connectivity index (χ1) is 6.54. The molecule has 0 aromatic carbocycles. The molecule has 0 aromatic heterocycles. The smallest absolute Gasteiger partial charge is 0.221 e. The number of thiocarbonyl (C=S) groups is 1. The van der Waals surface area contributed by atoms with E-state index >= 15 is 0 Å². The van der Waals surface area contributed by atoms with Gasteiger partial charge >= 0.3 is 0 Å². The molecule has 1 aliphatic rings. The van der Waals surface area contributed by atoms with Crippen LogP contribution in [-0.2, 0) is 4.79 Å². The van der Waals surface area contributed by atoms with Crippen LogP contribution < -0.4 is 17.0 Å². The van der Waals surface area contributed by atoms with Gasteiger partial charge in [0.1, 0.15) is 5.84 Å². The van der Waals surface area contributed by atoms with Crippen LogP contribution in [0.15, 0.2) is 9.98 Å².